The Kier molecular flexibility index (Phi) is 6.29. The van der Waals surface area contributed by atoms with E-state index in [2.05, 4.69) is 20.7 Å². The van der Waals surface area contributed by atoms with E-state index in [-0.39, 0.29) is 22.6 Å². The van der Waals surface area contributed by atoms with Crippen LogP contribution < -0.4 is 4.72 Å². The van der Waals surface area contributed by atoms with Crippen molar-refractivity contribution in [2.75, 3.05) is 4.72 Å². The Morgan fingerprint density at radius 3 is 1.76 bits per heavy atom. The first-order chi connectivity index (χ1) is 10.9. The fourth-order valence-corrected chi connectivity index (χ4v) is 2.48. The summed E-state index contributed by atoms with van der Waals surface area (Å²) in [6.45, 7) is 0. The predicted octanol–water partition coefficient (Wildman–Crippen LogP) is 5.01. The van der Waals surface area contributed by atoms with Crippen LogP contribution in [0.2, 0.25) is 0 Å². The topological polar surface area (TPSA) is 55.4 Å². The highest BCUT2D eigenvalue weighted by molar-refractivity contribution is 14.1. The Labute approximate surface area is 157 Å². The smallest absolute Gasteiger partial charge is 0.278 e. The number of halogens is 10. The van der Waals surface area contributed by atoms with Crippen LogP contribution in [0.25, 0.3) is 0 Å². The zero-order valence-electron chi connectivity index (χ0n) is 11.2. The number of hydrogen-bond acceptors (Lipinski definition) is 3. The van der Waals surface area contributed by atoms with E-state index in [0.29, 0.717) is 4.47 Å². The van der Waals surface area contributed by atoms with E-state index in [1.165, 1.54) is 0 Å². The van der Waals surface area contributed by atoms with Gasteiger partial charge in [0.25, 0.3) is 0 Å². The van der Waals surface area contributed by atoms with Gasteiger partial charge < -0.3 is 0 Å². The molecule has 4 nitrogen and oxygen atoms in total. The van der Waals surface area contributed by atoms with Crippen LogP contribution in [-0.4, -0.2) is 29.8 Å². The highest BCUT2D eigenvalue weighted by Crippen LogP contribution is 2.49. The van der Waals surface area contributed by atoms with Gasteiger partial charge in [0.15, 0.2) is 0 Å². The summed E-state index contributed by atoms with van der Waals surface area (Å²) in [7, 11) is -6.36. The van der Waals surface area contributed by atoms with Gasteiger partial charge in [0, 0.05) is 32.8 Å². The first-order valence-corrected chi connectivity index (χ1v) is 8.97. The highest BCUT2D eigenvalue weighted by atomic mass is 127. The second kappa shape index (κ2) is 6.95. The molecule has 0 saturated heterocycles. The summed E-state index contributed by atoms with van der Waals surface area (Å²) in [6, 6.07) is 4.06. The lowest BCUT2D eigenvalue weighted by Crippen LogP contribution is -2.56. The molecule has 0 aliphatic heterocycles. The monoisotopic (exact) mass is 577 g/mol. The van der Waals surface area contributed by atoms with Crippen molar-refractivity contribution >= 4 is 54.2 Å². The molecule has 0 aliphatic carbocycles. The van der Waals surface area contributed by atoms with Crippen molar-refractivity contribution in [1.82, 2.24) is 0 Å². The first kappa shape index (κ1) is 22.6. The second-order valence-electron chi connectivity index (χ2n) is 4.26. The predicted molar refractivity (Wildman–Crippen MR) is 81.6 cm³/mol. The lowest BCUT2D eigenvalue weighted by atomic mass is 10.3. The average Bonchev–Trinajstić information content (AvgIpc) is 2.38. The molecule has 0 radical (unpaired) electrons. The van der Waals surface area contributed by atoms with E-state index in [4.69, 9.17) is 0 Å². The van der Waals surface area contributed by atoms with E-state index in [1.54, 1.807) is 0 Å². The van der Waals surface area contributed by atoms with Crippen LogP contribution in [0.1, 0.15) is 0 Å². The molecule has 0 fully saturated rings. The van der Waals surface area contributed by atoms with Gasteiger partial charge in [-0.3, -0.25) is 4.72 Å². The molecule has 1 N–H and O–H groups in total. The Hall–Kier alpha value is -0.420. The summed E-state index contributed by atoms with van der Waals surface area (Å²) in [5, 5.41) is -6.31. The molecular formula is C10H5BrF8INO3S. The summed E-state index contributed by atoms with van der Waals surface area (Å²) >= 11 is 2.60. The van der Waals surface area contributed by atoms with Crippen molar-refractivity contribution in [3.63, 3.8) is 0 Å². The van der Waals surface area contributed by atoms with Crippen LogP contribution in [0.3, 0.4) is 0 Å². The van der Waals surface area contributed by atoms with Gasteiger partial charge in [-0.15, -0.1) is 0 Å². The molecule has 15 heteroatoms. The molecule has 0 aromatic heterocycles. The van der Waals surface area contributed by atoms with Crippen molar-refractivity contribution < 1.29 is 48.3 Å². The van der Waals surface area contributed by atoms with Crippen molar-refractivity contribution in [3.05, 3.63) is 28.7 Å². The molecule has 1 aromatic rings. The number of nitrogens with one attached hydrogen (secondary N) is 1. The average molecular weight is 578 g/mol. The first-order valence-electron chi connectivity index (χ1n) is 5.61. The zero-order chi connectivity index (χ0) is 19.9. The number of anilines is 1. The van der Waals surface area contributed by atoms with Gasteiger partial charge in [-0.1, -0.05) is 15.9 Å². The van der Waals surface area contributed by atoms with Crippen molar-refractivity contribution in [3.8, 4) is 0 Å². The summed E-state index contributed by atoms with van der Waals surface area (Å²) in [4.78, 5) is 0. The molecule has 0 aliphatic rings. The summed E-state index contributed by atoms with van der Waals surface area (Å²) in [5.41, 5.74) is -0.621. The van der Waals surface area contributed by atoms with E-state index in [1.807, 2.05) is 0 Å². The van der Waals surface area contributed by atoms with Gasteiger partial charge in [-0.2, -0.15) is 43.5 Å². The zero-order valence-corrected chi connectivity index (χ0v) is 15.8. The van der Waals surface area contributed by atoms with Gasteiger partial charge >= 0.3 is 31.4 Å². The minimum Gasteiger partial charge on any atom is -0.278 e. The third kappa shape index (κ3) is 4.85. The SMILES string of the molecule is O=S(=O)(Nc1ccc(Br)cc1)C(F)(F)C(F)(F)OC(F)(F)C(F)(F)I. The Bertz CT molecular complexity index is 723. The lowest BCUT2D eigenvalue weighted by molar-refractivity contribution is -0.438. The number of rotatable bonds is 7. The molecular weight excluding hydrogens is 573 g/mol. The van der Waals surface area contributed by atoms with E-state index < -0.39 is 37.1 Å². The van der Waals surface area contributed by atoms with Gasteiger partial charge in [-0.25, -0.2) is 4.74 Å². The second-order valence-corrected chi connectivity index (χ2v) is 8.26. The number of alkyl halides is 9. The quantitative estimate of drug-likeness (QED) is 0.282. The van der Waals surface area contributed by atoms with Crippen LogP contribution in [0, 0.1) is 0 Å². The number of benzene rings is 1. The van der Waals surface area contributed by atoms with Crippen molar-refractivity contribution in [1.29, 1.82) is 0 Å². The molecule has 1 rings (SSSR count). The third-order valence-corrected chi connectivity index (χ3v) is 4.93. The molecule has 144 valence electrons. The van der Waals surface area contributed by atoms with Crippen LogP contribution in [0.15, 0.2) is 28.7 Å². The van der Waals surface area contributed by atoms with Gasteiger partial charge in [-0.05, 0) is 24.3 Å². The van der Waals surface area contributed by atoms with Gasteiger partial charge in [0.2, 0.25) is 0 Å². The summed E-state index contributed by atoms with van der Waals surface area (Å²) in [6.07, 6.45) is -12.6. The number of sulfonamides is 1. The van der Waals surface area contributed by atoms with Crippen molar-refractivity contribution in [2.24, 2.45) is 0 Å². The van der Waals surface area contributed by atoms with Gasteiger partial charge in [0.1, 0.15) is 0 Å². The molecule has 0 atom stereocenters. The molecule has 0 bridgehead atoms. The van der Waals surface area contributed by atoms with Gasteiger partial charge in [0.05, 0.1) is 0 Å². The molecule has 1 aromatic carbocycles. The minimum absolute atomic E-state index is 0.326. The highest BCUT2D eigenvalue weighted by Gasteiger charge is 2.73. The molecule has 0 unspecified atom stereocenters. The van der Waals surface area contributed by atoms with E-state index >= 15 is 0 Å². The molecule has 0 spiro atoms. The Morgan fingerprint density at radius 2 is 1.36 bits per heavy atom. The maximum Gasteiger partial charge on any atom is 0.453 e. The third-order valence-electron chi connectivity index (χ3n) is 2.36. The van der Waals surface area contributed by atoms with Crippen molar-refractivity contribution in [2.45, 2.75) is 21.4 Å². The largest absolute Gasteiger partial charge is 0.453 e. The van der Waals surface area contributed by atoms with Crippen LogP contribution in [-0.2, 0) is 14.8 Å². The summed E-state index contributed by atoms with van der Waals surface area (Å²) in [5.74, 6) is 0. The van der Waals surface area contributed by atoms with Crippen LogP contribution >= 0.6 is 38.5 Å². The standard InChI is InChI=1S/C10H5BrF8INO3S/c11-5-1-3-6(4-2-5)21-25(22,23)10(18,19)9(16,17)24-8(14,15)7(12,13)20/h1-4,21H. The maximum atomic E-state index is 13.5. The Morgan fingerprint density at radius 1 is 0.920 bits per heavy atom. The lowest BCUT2D eigenvalue weighted by Gasteiger charge is -2.30. The molecule has 0 amide bonds. The molecule has 0 heterocycles. The fraction of sp³-hybridized carbons (Fsp3) is 0.400. The van der Waals surface area contributed by atoms with E-state index in [0.717, 1.165) is 29.0 Å². The van der Waals surface area contributed by atoms with E-state index in [9.17, 15) is 43.5 Å². The normalized spacial score (nSPS) is 14.5. The number of ether oxygens (including phenoxy) is 1. The molecule has 25 heavy (non-hydrogen) atoms. The van der Waals surface area contributed by atoms with Crippen LogP contribution in [0.4, 0.5) is 40.8 Å². The van der Waals surface area contributed by atoms with Crippen LogP contribution in [0.5, 0.6) is 0 Å². The minimum atomic E-state index is -6.48. The number of hydrogen-bond donors (Lipinski definition) is 1. The maximum absolute atomic E-state index is 13.5. The summed E-state index contributed by atoms with van der Waals surface area (Å²) < 4.78 is 125. The Balaban J connectivity index is 3.16. The molecule has 0 saturated carbocycles. The fourth-order valence-electron chi connectivity index (χ4n) is 1.17.